The molecule has 26 heavy (non-hydrogen) atoms. The molecular weight excluding hydrogens is 340 g/mol. The van der Waals surface area contributed by atoms with Crippen molar-refractivity contribution >= 4 is 29.0 Å². The average Bonchev–Trinajstić information content (AvgIpc) is 2.64. The fourth-order valence-corrected chi connectivity index (χ4v) is 2.07. The van der Waals surface area contributed by atoms with Crippen molar-refractivity contribution in [2.24, 2.45) is 0 Å². The van der Waals surface area contributed by atoms with Crippen LogP contribution in [0.15, 0.2) is 54.6 Å². The number of hydrogen-bond acceptors (Lipinski definition) is 6. The Hall–Kier alpha value is -3.75. The molecule has 9 nitrogen and oxygen atoms in total. The molecule has 0 atom stereocenters. The summed E-state index contributed by atoms with van der Waals surface area (Å²) >= 11 is 0. The van der Waals surface area contributed by atoms with E-state index in [9.17, 15) is 25.0 Å². The lowest BCUT2D eigenvalue weighted by Gasteiger charge is -2.06. The van der Waals surface area contributed by atoms with Crippen LogP contribution in [-0.4, -0.2) is 28.8 Å². The van der Waals surface area contributed by atoms with E-state index in [1.54, 1.807) is 24.3 Å². The predicted octanol–water partition coefficient (Wildman–Crippen LogP) is 2.74. The molecule has 134 valence electrons. The molecule has 0 saturated carbocycles. The quantitative estimate of drug-likeness (QED) is 0.324. The second-order valence-corrected chi connectivity index (χ2v) is 5.21. The molecule has 0 radical (unpaired) electrons. The average molecular weight is 356 g/mol. The molecule has 0 unspecified atom stereocenters. The van der Waals surface area contributed by atoms with Crippen molar-refractivity contribution in [3.8, 4) is 0 Å². The van der Waals surface area contributed by atoms with Crippen LogP contribution in [0.25, 0.3) is 6.08 Å². The fraction of sp³-hybridized carbons (Fsp3) is 0.118. The van der Waals surface area contributed by atoms with Gasteiger partial charge in [-0.05, 0) is 23.8 Å². The van der Waals surface area contributed by atoms with E-state index in [1.165, 1.54) is 36.4 Å². The molecule has 9 heteroatoms. The number of nitro benzene ring substituents is 2. The lowest BCUT2D eigenvalue weighted by molar-refractivity contribution is -0.385. The molecule has 0 aliphatic carbocycles. The summed E-state index contributed by atoms with van der Waals surface area (Å²) in [4.78, 5) is 32.0. The van der Waals surface area contributed by atoms with Crippen molar-refractivity contribution in [1.29, 1.82) is 0 Å². The van der Waals surface area contributed by atoms with Crippen molar-refractivity contribution in [1.82, 2.24) is 5.32 Å². The van der Waals surface area contributed by atoms with Gasteiger partial charge in [0.05, 0.1) is 9.85 Å². The first kappa shape index (κ1) is 18.6. The molecule has 2 rings (SSSR count). The summed E-state index contributed by atoms with van der Waals surface area (Å²) in [5, 5.41) is 26.9. The molecule has 2 aromatic carbocycles. The second-order valence-electron chi connectivity index (χ2n) is 5.21. The highest BCUT2D eigenvalue weighted by molar-refractivity contribution is 5.91. The predicted molar refractivity (Wildman–Crippen MR) is 96.7 cm³/mol. The summed E-state index contributed by atoms with van der Waals surface area (Å²) in [7, 11) is 0. The summed E-state index contributed by atoms with van der Waals surface area (Å²) in [5.41, 5.74) is 1.23. The van der Waals surface area contributed by atoms with Crippen LogP contribution in [0.1, 0.15) is 5.56 Å². The van der Waals surface area contributed by atoms with Crippen LogP contribution < -0.4 is 10.6 Å². The van der Waals surface area contributed by atoms with Crippen molar-refractivity contribution in [2.45, 2.75) is 0 Å². The van der Waals surface area contributed by atoms with Crippen LogP contribution in [0.3, 0.4) is 0 Å². The minimum absolute atomic E-state index is 0.00939. The molecule has 0 aliphatic heterocycles. The number of anilines is 1. The van der Waals surface area contributed by atoms with Gasteiger partial charge in [-0.25, -0.2) is 0 Å². The van der Waals surface area contributed by atoms with Gasteiger partial charge in [-0.15, -0.1) is 0 Å². The van der Waals surface area contributed by atoms with E-state index in [0.717, 1.165) is 0 Å². The summed E-state index contributed by atoms with van der Waals surface area (Å²) in [6.07, 6.45) is 2.79. The van der Waals surface area contributed by atoms with Gasteiger partial charge in [-0.3, -0.25) is 25.0 Å². The van der Waals surface area contributed by atoms with E-state index in [0.29, 0.717) is 24.3 Å². The van der Waals surface area contributed by atoms with E-state index in [2.05, 4.69) is 10.6 Å². The molecule has 2 aromatic rings. The Morgan fingerprint density at radius 1 is 0.962 bits per heavy atom. The molecule has 0 aliphatic rings. The van der Waals surface area contributed by atoms with Gasteiger partial charge >= 0.3 is 0 Å². The number of non-ortho nitro benzene ring substituents is 2. The van der Waals surface area contributed by atoms with Crippen LogP contribution in [0, 0.1) is 20.2 Å². The zero-order valence-corrected chi connectivity index (χ0v) is 13.6. The van der Waals surface area contributed by atoms with Crippen molar-refractivity contribution < 1.29 is 14.6 Å². The highest BCUT2D eigenvalue weighted by atomic mass is 16.6. The molecule has 1 amide bonds. The maximum absolute atomic E-state index is 11.7. The first-order valence-corrected chi connectivity index (χ1v) is 7.64. The topological polar surface area (TPSA) is 127 Å². The van der Waals surface area contributed by atoms with Crippen LogP contribution in [0.2, 0.25) is 0 Å². The van der Waals surface area contributed by atoms with Gasteiger partial charge in [0.1, 0.15) is 0 Å². The minimum atomic E-state index is -0.499. The Morgan fingerprint density at radius 2 is 1.65 bits per heavy atom. The SMILES string of the molecule is O=C(/C=C/c1cccc([N+](=O)[O-])c1)NCCNc1ccc([N+](=O)[O-])cc1. The van der Waals surface area contributed by atoms with E-state index in [1.807, 2.05) is 0 Å². The number of carbonyl (C=O) groups excluding carboxylic acids is 1. The number of nitrogens with zero attached hydrogens (tertiary/aromatic N) is 2. The molecular formula is C17H16N4O5. The van der Waals surface area contributed by atoms with Crippen molar-refractivity contribution in [3.63, 3.8) is 0 Å². The van der Waals surface area contributed by atoms with Gasteiger partial charge in [0.25, 0.3) is 11.4 Å². The van der Waals surface area contributed by atoms with Crippen LogP contribution in [0.4, 0.5) is 17.1 Å². The number of hydrogen-bond donors (Lipinski definition) is 2. The van der Waals surface area contributed by atoms with E-state index < -0.39 is 9.85 Å². The van der Waals surface area contributed by atoms with E-state index in [4.69, 9.17) is 0 Å². The summed E-state index contributed by atoms with van der Waals surface area (Å²) in [5.74, 6) is -0.331. The number of rotatable bonds is 8. The number of nitro groups is 2. The Morgan fingerprint density at radius 3 is 2.31 bits per heavy atom. The first-order chi connectivity index (χ1) is 12.5. The number of amides is 1. The van der Waals surface area contributed by atoms with Crippen molar-refractivity contribution in [3.05, 3.63) is 80.4 Å². The number of benzene rings is 2. The van der Waals surface area contributed by atoms with Gasteiger partial charge in [0.2, 0.25) is 5.91 Å². The second kappa shape index (κ2) is 8.92. The smallest absolute Gasteiger partial charge is 0.270 e. The third-order valence-electron chi connectivity index (χ3n) is 3.34. The van der Waals surface area contributed by atoms with Crippen LogP contribution in [-0.2, 0) is 4.79 Å². The molecule has 0 bridgehead atoms. The molecule has 0 aromatic heterocycles. The third-order valence-corrected chi connectivity index (χ3v) is 3.34. The third kappa shape index (κ3) is 5.71. The lowest BCUT2D eigenvalue weighted by Crippen LogP contribution is -2.27. The van der Waals surface area contributed by atoms with Crippen molar-refractivity contribution in [2.75, 3.05) is 18.4 Å². The molecule has 0 spiro atoms. The highest BCUT2D eigenvalue weighted by Crippen LogP contribution is 2.15. The maximum Gasteiger partial charge on any atom is 0.270 e. The lowest BCUT2D eigenvalue weighted by atomic mass is 10.2. The highest BCUT2D eigenvalue weighted by Gasteiger charge is 2.05. The van der Waals surface area contributed by atoms with Crippen LogP contribution >= 0.6 is 0 Å². The zero-order valence-electron chi connectivity index (χ0n) is 13.6. The number of nitrogens with one attached hydrogen (secondary N) is 2. The maximum atomic E-state index is 11.7. The summed E-state index contributed by atoms with van der Waals surface area (Å²) < 4.78 is 0. The van der Waals surface area contributed by atoms with Gasteiger partial charge in [0.15, 0.2) is 0 Å². The van der Waals surface area contributed by atoms with E-state index in [-0.39, 0.29) is 17.3 Å². The summed E-state index contributed by atoms with van der Waals surface area (Å²) in [6, 6.07) is 11.9. The van der Waals surface area contributed by atoms with Gasteiger partial charge in [-0.1, -0.05) is 12.1 Å². The molecule has 0 fully saturated rings. The fourth-order valence-electron chi connectivity index (χ4n) is 2.07. The Balaban J connectivity index is 1.75. The molecule has 2 N–H and O–H groups in total. The van der Waals surface area contributed by atoms with E-state index >= 15 is 0 Å². The standard InChI is InChI=1S/C17H16N4O5/c22-17(9-4-13-2-1-3-16(12-13)21(25)26)19-11-10-18-14-5-7-15(8-6-14)20(23)24/h1-9,12,18H,10-11H2,(H,19,22)/b9-4+. The minimum Gasteiger partial charge on any atom is -0.383 e. The van der Waals surface area contributed by atoms with Gasteiger partial charge < -0.3 is 10.6 Å². The number of carbonyl (C=O) groups is 1. The Labute approximate surface area is 148 Å². The Kier molecular flexibility index (Phi) is 6.38. The zero-order chi connectivity index (χ0) is 18.9. The Bertz CT molecular complexity index is 833. The normalized spacial score (nSPS) is 10.5. The van der Waals surface area contributed by atoms with Crippen LogP contribution in [0.5, 0.6) is 0 Å². The molecule has 0 saturated heterocycles. The van der Waals surface area contributed by atoms with Gasteiger partial charge in [-0.2, -0.15) is 0 Å². The summed E-state index contributed by atoms with van der Waals surface area (Å²) in [6.45, 7) is 0.781. The van der Waals surface area contributed by atoms with Gasteiger partial charge in [0, 0.05) is 49.1 Å². The molecule has 0 heterocycles. The monoisotopic (exact) mass is 356 g/mol. The first-order valence-electron chi connectivity index (χ1n) is 7.64. The largest absolute Gasteiger partial charge is 0.383 e.